The largest absolute Gasteiger partial charge is 0.377 e. The predicted molar refractivity (Wildman–Crippen MR) is 149 cm³/mol. The molecule has 2 saturated heterocycles. The lowest BCUT2D eigenvalue weighted by Crippen LogP contribution is -2.36. The Morgan fingerprint density at radius 1 is 1.14 bits per heavy atom. The van der Waals surface area contributed by atoms with E-state index < -0.39 is 0 Å². The standard InChI is InChI=1S/C23H43N5O5S3/c1-16(35-36-23(2,3)15-24)21(30)26-9-11-33-13-12-32-10-8-25-19(29)7-5-4-6-18-20-17(14-34-18)27-22(31)28-20/h16-18,20H,4-15,24H2,1-3H3,(H,25,29)(H,26,30)(H2,27,28,31)/t16?,17-,18?,20-/m1/s1. The molecule has 208 valence electrons. The fourth-order valence-electron chi connectivity index (χ4n) is 3.62. The maximum atomic E-state index is 12.1. The molecule has 13 heteroatoms. The Morgan fingerprint density at radius 3 is 2.53 bits per heavy atom. The van der Waals surface area contributed by atoms with Crippen LogP contribution in [0.15, 0.2) is 0 Å². The second kappa shape index (κ2) is 16.9. The minimum Gasteiger partial charge on any atom is -0.377 e. The highest BCUT2D eigenvalue weighted by Gasteiger charge is 2.42. The van der Waals surface area contributed by atoms with Gasteiger partial charge in [0, 0.05) is 41.8 Å². The van der Waals surface area contributed by atoms with Crippen LogP contribution in [0.4, 0.5) is 4.79 Å². The zero-order chi connectivity index (χ0) is 26.4. The molecule has 0 saturated carbocycles. The van der Waals surface area contributed by atoms with Crippen LogP contribution in [-0.4, -0.2) is 97.0 Å². The molecule has 2 heterocycles. The van der Waals surface area contributed by atoms with Crippen molar-refractivity contribution in [2.24, 2.45) is 5.73 Å². The minimum atomic E-state index is -0.160. The van der Waals surface area contributed by atoms with E-state index in [1.165, 1.54) is 10.8 Å². The number of unbranched alkanes of at least 4 members (excludes halogenated alkanes) is 1. The van der Waals surface area contributed by atoms with Gasteiger partial charge >= 0.3 is 6.03 Å². The van der Waals surface area contributed by atoms with Crippen molar-refractivity contribution in [3.63, 3.8) is 0 Å². The first-order valence-corrected chi connectivity index (χ1v) is 15.9. The molecule has 2 unspecified atom stereocenters. The number of nitrogens with one attached hydrogen (secondary N) is 4. The van der Waals surface area contributed by atoms with Crippen LogP contribution in [0.25, 0.3) is 0 Å². The smallest absolute Gasteiger partial charge is 0.315 e. The minimum absolute atomic E-state index is 0.0124. The highest BCUT2D eigenvalue weighted by atomic mass is 33.1. The lowest BCUT2D eigenvalue weighted by atomic mass is 10.0. The summed E-state index contributed by atoms with van der Waals surface area (Å²) in [4.78, 5) is 35.5. The van der Waals surface area contributed by atoms with E-state index in [1.54, 1.807) is 10.8 Å². The van der Waals surface area contributed by atoms with Crippen LogP contribution < -0.4 is 27.0 Å². The highest BCUT2D eigenvalue weighted by Crippen LogP contribution is 2.37. The molecular formula is C23H43N5O5S3. The Labute approximate surface area is 227 Å². The normalized spacial score (nSPS) is 22.0. The number of thioether (sulfide) groups is 1. The molecule has 0 radical (unpaired) electrons. The number of amides is 4. The van der Waals surface area contributed by atoms with Crippen molar-refractivity contribution >= 4 is 51.2 Å². The van der Waals surface area contributed by atoms with Crippen molar-refractivity contribution in [3.05, 3.63) is 0 Å². The molecule has 0 bridgehead atoms. The van der Waals surface area contributed by atoms with Gasteiger partial charge in [0.1, 0.15) is 0 Å². The molecule has 0 aromatic rings. The van der Waals surface area contributed by atoms with Crippen LogP contribution in [0.5, 0.6) is 0 Å². The van der Waals surface area contributed by atoms with Gasteiger partial charge in [-0.1, -0.05) is 28.0 Å². The van der Waals surface area contributed by atoms with Crippen LogP contribution >= 0.6 is 33.3 Å². The van der Waals surface area contributed by atoms with E-state index in [1.807, 2.05) is 18.7 Å². The summed E-state index contributed by atoms with van der Waals surface area (Å²) in [6.07, 6.45) is 3.33. The zero-order valence-corrected chi connectivity index (χ0v) is 24.1. The van der Waals surface area contributed by atoms with E-state index >= 15 is 0 Å². The third-order valence-corrected chi connectivity index (χ3v) is 11.1. The lowest BCUT2D eigenvalue weighted by Gasteiger charge is -2.22. The Hall–Kier alpha value is -0.860. The predicted octanol–water partition coefficient (Wildman–Crippen LogP) is 1.49. The van der Waals surface area contributed by atoms with Gasteiger partial charge in [-0.25, -0.2) is 4.79 Å². The summed E-state index contributed by atoms with van der Waals surface area (Å²) in [6.45, 7) is 9.22. The topological polar surface area (TPSA) is 144 Å². The first-order valence-electron chi connectivity index (χ1n) is 12.6. The average Bonchev–Trinajstić information content (AvgIpc) is 3.40. The SMILES string of the molecule is CC(SSC(C)(C)CN)C(=O)NCCOCCOCCNC(=O)CCCCC1SC[C@H]2NC(=O)N[C@@H]12. The van der Waals surface area contributed by atoms with Crippen LogP contribution in [-0.2, 0) is 19.1 Å². The summed E-state index contributed by atoms with van der Waals surface area (Å²) >= 11 is 1.90. The second-order valence-corrected chi connectivity index (χ2v) is 14.0. The third-order valence-electron chi connectivity index (χ3n) is 5.85. The molecule has 0 aromatic carbocycles. The Bertz CT molecular complexity index is 703. The molecule has 6 N–H and O–H groups in total. The number of rotatable bonds is 19. The van der Waals surface area contributed by atoms with E-state index in [0.717, 1.165) is 25.0 Å². The van der Waals surface area contributed by atoms with E-state index in [2.05, 4.69) is 35.1 Å². The number of carbonyl (C=O) groups is 3. The Kier molecular flexibility index (Phi) is 14.7. The first-order chi connectivity index (χ1) is 17.2. The van der Waals surface area contributed by atoms with Gasteiger partial charge in [0.2, 0.25) is 11.8 Å². The molecule has 0 aliphatic carbocycles. The molecule has 4 amide bonds. The van der Waals surface area contributed by atoms with Gasteiger partial charge in [-0.2, -0.15) is 11.8 Å². The Morgan fingerprint density at radius 2 is 1.83 bits per heavy atom. The number of urea groups is 1. The molecule has 0 aromatic heterocycles. The van der Waals surface area contributed by atoms with Gasteiger partial charge in [-0.3, -0.25) is 9.59 Å². The number of hydrogen-bond acceptors (Lipinski definition) is 9. The van der Waals surface area contributed by atoms with E-state index in [0.29, 0.717) is 57.7 Å². The molecule has 4 atom stereocenters. The van der Waals surface area contributed by atoms with Crippen molar-refractivity contribution in [1.29, 1.82) is 0 Å². The van der Waals surface area contributed by atoms with Crippen molar-refractivity contribution in [1.82, 2.24) is 21.3 Å². The molecule has 2 rings (SSSR count). The summed E-state index contributed by atoms with van der Waals surface area (Å²) in [6, 6.07) is 0.413. The summed E-state index contributed by atoms with van der Waals surface area (Å²) in [5, 5.41) is 12.0. The molecule has 36 heavy (non-hydrogen) atoms. The van der Waals surface area contributed by atoms with Gasteiger partial charge in [0.05, 0.1) is 43.8 Å². The number of carbonyl (C=O) groups excluding carboxylic acids is 3. The molecule has 10 nitrogen and oxygen atoms in total. The van der Waals surface area contributed by atoms with Gasteiger partial charge in [-0.05, 0) is 33.6 Å². The lowest BCUT2D eigenvalue weighted by molar-refractivity contribution is -0.122. The monoisotopic (exact) mass is 565 g/mol. The van der Waals surface area contributed by atoms with Crippen molar-refractivity contribution < 1.29 is 23.9 Å². The summed E-state index contributed by atoms with van der Waals surface area (Å²) < 4.78 is 10.9. The molecule has 2 aliphatic rings. The molecule has 2 aliphatic heterocycles. The van der Waals surface area contributed by atoms with Crippen LogP contribution in [0.2, 0.25) is 0 Å². The molecular weight excluding hydrogens is 522 g/mol. The number of ether oxygens (including phenoxy) is 2. The first kappa shape index (κ1) is 31.4. The van der Waals surface area contributed by atoms with Crippen LogP contribution in [0, 0.1) is 0 Å². The van der Waals surface area contributed by atoms with Gasteiger partial charge in [0.15, 0.2) is 0 Å². The summed E-state index contributed by atoms with van der Waals surface area (Å²) in [5.41, 5.74) is 5.71. The van der Waals surface area contributed by atoms with Crippen molar-refractivity contribution in [3.8, 4) is 0 Å². The van der Waals surface area contributed by atoms with Gasteiger partial charge in [0.25, 0.3) is 0 Å². The fraction of sp³-hybridized carbons (Fsp3) is 0.870. The molecule has 2 fully saturated rings. The van der Waals surface area contributed by atoms with Crippen LogP contribution in [0.3, 0.4) is 0 Å². The summed E-state index contributed by atoms with van der Waals surface area (Å²) in [5.74, 6) is 0.986. The zero-order valence-electron chi connectivity index (χ0n) is 21.6. The second-order valence-electron chi connectivity index (χ2n) is 9.52. The van der Waals surface area contributed by atoms with Crippen LogP contribution in [0.1, 0.15) is 46.5 Å². The average molecular weight is 566 g/mol. The number of hydrogen-bond donors (Lipinski definition) is 5. The number of fused-ring (bicyclic) bond motifs is 1. The maximum Gasteiger partial charge on any atom is 0.315 e. The number of nitrogens with two attached hydrogens (primary N) is 1. The van der Waals surface area contributed by atoms with E-state index in [4.69, 9.17) is 15.2 Å². The third kappa shape index (κ3) is 12.1. The van der Waals surface area contributed by atoms with Gasteiger partial charge in [-0.15, -0.1) is 0 Å². The quantitative estimate of drug-likeness (QED) is 0.0894. The highest BCUT2D eigenvalue weighted by molar-refractivity contribution is 8.77. The van der Waals surface area contributed by atoms with E-state index in [9.17, 15) is 14.4 Å². The maximum absolute atomic E-state index is 12.1. The summed E-state index contributed by atoms with van der Waals surface area (Å²) in [7, 11) is 3.16. The van der Waals surface area contributed by atoms with Crippen molar-refractivity contribution in [2.75, 3.05) is 51.8 Å². The van der Waals surface area contributed by atoms with Gasteiger partial charge < -0.3 is 36.5 Å². The van der Waals surface area contributed by atoms with E-state index in [-0.39, 0.29) is 39.9 Å². The Balaban J connectivity index is 1.34. The fourth-order valence-corrected chi connectivity index (χ4v) is 7.49. The molecule has 0 spiro atoms. The van der Waals surface area contributed by atoms with Crippen molar-refractivity contribution in [2.45, 2.75) is 73.8 Å².